The molecule has 0 aliphatic rings. The number of carbonyl (C=O) groups excluding carboxylic acids is 1. The highest BCUT2D eigenvalue weighted by Crippen LogP contribution is 2.13. The second kappa shape index (κ2) is 6.18. The zero-order valence-electron chi connectivity index (χ0n) is 11.8. The van der Waals surface area contributed by atoms with E-state index in [2.05, 4.69) is 20.6 Å². The molecule has 6 heteroatoms. The Morgan fingerprint density at radius 1 is 1.35 bits per heavy atom. The van der Waals surface area contributed by atoms with Gasteiger partial charge in [-0.05, 0) is 32.9 Å². The van der Waals surface area contributed by atoms with Gasteiger partial charge >= 0.3 is 0 Å². The average molecular weight is 274 g/mol. The summed E-state index contributed by atoms with van der Waals surface area (Å²) >= 11 is 0. The zero-order chi connectivity index (χ0) is 14.5. The SMILES string of the molecule is CCNc1ccc(C(=O)NC(C)c2ncc(C)o2)nc1. The van der Waals surface area contributed by atoms with E-state index in [1.807, 2.05) is 26.8 Å². The number of nitrogens with one attached hydrogen (secondary N) is 2. The maximum absolute atomic E-state index is 12.0. The molecule has 2 N–H and O–H groups in total. The number of oxazole rings is 1. The summed E-state index contributed by atoms with van der Waals surface area (Å²) in [6.45, 7) is 6.44. The van der Waals surface area contributed by atoms with Crippen LogP contribution in [0.5, 0.6) is 0 Å². The molecule has 0 aliphatic carbocycles. The summed E-state index contributed by atoms with van der Waals surface area (Å²) in [5.41, 5.74) is 1.25. The summed E-state index contributed by atoms with van der Waals surface area (Å²) < 4.78 is 5.38. The van der Waals surface area contributed by atoms with Crippen LogP contribution in [0.1, 0.15) is 42.0 Å². The van der Waals surface area contributed by atoms with Gasteiger partial charge in [0.05, 0.1) is 18.1 Å². The van der Waals surface area contributed by atoms with Gasteiger partial charge in [0, 0.05) is 6.54 Å². The van der Waals surface area contributed by atoms with Crippen LogP contribution in [0.15, 0.2) is 28.9 Å². The Kier molecular flexibility index (Phi) is 4.34. The molecule has 2 aromatic heterocycles. The number of carbonyl (C=O) groups is 1. The molecule has 0 spiro atoms. The minimum absolute atomic E-state index is 0.253. The third kappa shape index (κ3) is 3.34. The van der Waals surface area contributed by atoms with Crippen molar-refractivity contribution in [2.24, 2.45) is 0 Å². The lowest BCUT2D eigenvalue weighted by Crippen LogP contribution is -2.27. The van der Waals surface area contributed by atoms with Crippen LogP contribution in [-0.4, -0.2) is 22.4 Å². The fraction of sp³-hybridized carbons (Fsp3) is 0.357. The number of hydrogen-bond acceptors (Lipinski definition) is 5. The number of aryl methyl sites for hydroxylation is 1. The molecule has 0 saturated carbocycles. The third-order valence-electron chi connectivity index (χ3n) is 2.73. The van der Waals surface area contributed by atoms with Crippen molar-refractivity contribution in [1.29, 1.82) is 0 Å². The minimum atomic E-state index is -0.300. The molecular formula is C14H18N4O2. The number of aromatic nitrogens is 2. The fourth-order valence-corrected chi connectivity index (χ4v) is 1.74. The van der Waals surface area contributed by atoms with Gasteiger partial charge in [-0.15, -0.1) is 0 Å². The molecule has 20 heavy (non-hydrogen) atoms. The number of anilines is 1. The van der Waals surface area contributed by atoms with Crippen LogP contribution in [0.25, 0.3) is 0 Å². The lowest BCUT2D eigenvalue weighted by molar-refractivity contribution is 0.0929. The van der Waals surface area contributed by atoms with Crippen molar-refractivity contribution in [1.82, 2.24) is 15.3 Å². The van der Waals surface area contributed by atoms with Gasteiger partial charge in [0.1, 0.15) is 17.5 Å². The summed E-state index contributed by atoms with van der Waals surface area (Å²) in [4.78, 5) is 20.3. The standard InChI is InChI=1S/C14H18N4O2/c1-4-15-11-5-6-12(16-8-11)13(19)18-10(3)14-17-7-9(2)20-14/h5-8,10,15H,4H2,1-3H3,(H,18,19). The predicted octanol–water partition coefficient (Wildman–Crippen LogP) is 2.30. The van der Waals surface area contributed by atoms with Crippen LogP contribution in [-0.2, 0) is 0 Å². The first-order valence-corrected chi connectivity index (χ1v) is 6.53. The zero-order valence-corrected chi connectivity index (χ0v) is 11.8. The van der Waals surface area contributed by atoms with Gasteiger partial charge in [0.25, 0.3) is 5.91 Å². The van der Waals surface area contributed by atoms with Crippen molar-refractivity contribution in [2.45, 2.75) is 26.8 Å². The second-order valence-electron chi connectivity index (χ2n) is 4.47. The third-order valence-corrected chi connectivity index (χ3v) is 2.73. The first-order valence-electron chi connectivity index (χ1n) is 6.53. The summed E-state index contributed by atoms with van der Waals surface area (Å²) in [5.74, 6) is 0.950. The molecule has 2 aromatic rings. The highest BCUT2D eigenvalue weighted by atomic mass is 16.4. The molecule has 2 rings (SSSR count). The minimum Gasteiger partial charge on any atom is -0.444 e. The summed E-state index contributed by atoms with van der Waals surface area (Å²) in [5, 5.41) is 5.92. The van der Waals surface area contributed by atoms with Crippen molar-refractivity contribution >= 4 is 11.6 Å². The van der Waals surface area contributed by atoms with Crippen molar-refractivity contribution in [3.63, 3.8) is 0 Å². The van der Waals surface area contributed by atoms with Crippen LogP contribution in [0.2, 0.25) is 0 Å². The van der Waals surface area contributed by atoms with Gasteiger partial charge in [-0.2, -0.15) is 0 Å². The lowest BCUT2D eigenvalue weighted by Gasteiger charge is -2.10. The molecular weight excluding hydrogens is 256 g/mol. The van der Waals surface area contributed by atoms with Gasteiger partial charge in [0.15, 0.2) is 0 Å². The molecule has 106 valence electrons. The molecule has 1 amide bonds. The Labute approximate surface area is 117 Å². The fourth-order valence-electron chi connectivity index (χ4n) is 1.74. The lowest BCUT2D eigenvalue weighted by atomic mass is 10.2. The molecule has 0 aliphatic heterocycles. The first-order chi connectivity index (χ1) is 9.60. The van der Waals surface area contributed by atoms with E-state index in [0.29, 0.717) is 17.3 Å². The van der Waals surface area contributed by atoms with Gasteiger partial charge in [-0.1, -0.05) is 0 Å². The van der Waals surface area contributed by atoms with E-state index in [0.717, 1.165) is 12.2 Å². The summed E-state index contributed by atoms with van der Waals surface area (Å²) in [6, 6.07) is 3.21. The molecule has 6 nitrogen and oxygen atoms in total. The predicted molar refractivity (Wildman–Crippen MR) is 75.5 cm³/mol. The van der Waals surface area contributed by atoms with Crippen LogP contribution in [0, 0.1) is 6.92 Å². The van der Waals surface area contributed by atoms with Crippen molar-refractivity contribution in [3.05, 3.63) is 41.9 Å². The van der Waals surface area contributed by atoms with E-state index >= 15 is 0 Å². The van der Waals surface area contributed by atoms with Crippen LogP contribution in [0.3, 0.4) is 0 Å². The number of nitrogens with zero attached hydrogens (tertiary/aromatic N) is 2. The van der Waals surface area contributed by atoms with Gasteiger partial charge < -0.3 is 15.1 Å². The second-order valence-corrected chi connectivity index (χ2v) is 4.47. The van der Waals surface area contributed by atoms with E-state index in [9.17, 15) is 4.79 Å². The Hall–Kier alpha value is -2.37. The monoisotopic (exact) mass is 274 g/mol. The van der Waals surface area contributed by atoms with Crippen LogP contribution in [0.4, 0.5) is 5.69 Å². The molecule has 0 radical (unpaired) electrons. The molecule has 1 atom stereocenters. The first kappa shape index (κ1) is 14.0. The van der Waals surface area contributed by atoms with Gasteiger partial charge in [-0.25, -0.2) is 9.97 Å². The van der Waals surface area contributed by atoms with Crippen molar-refractivity contribution in [2.75, 3.05) is 11.9 Å². The van der Waals surface area contributed by atoms with Crippen molar-refractivity contribution in [3.8, 4) is 0 Å². The number of pyridine rings is 1. The van der Waals surface area contributed by atoms with Crippen LogP contribution < -0.4 is 10.6 Å². The van der Waals surface area contributed by atoms with E-state index in [-0.39, 0.29) is 11.9 Å². The van der Waals surface area contributed by atoms with Crippen LogP contribution >= 0.6 is 0 Å². The Morgan fingerprint density at radius 3 is 2.70 bits per heavy atom. The molecule has 0 bridgehead atoms. The Bertz CT molecular complexity index is 577. The van der Waals surface area contributed by atoms with E-state index in [1.54, 1.807) is 18.5 Å². The molecule has 0 fully saturated rings. The van der Waals surface area contributed by atoms with E-state index in [1.165, 1.54) is 0 Å². The Balaban J connectivity index is 2.00. The highest BCUT2D eigenvalue weighted by molar-refractivity contribution is 5.92. The maximum Gasteiger partial charge on any atom is 0.270 e. The molecule has 1 unspecified atom stereocenters. The number of rotatable bonds is 5. The smallest absolute Gasteiger partial charge is 0.270 e. The molecule has 2 heterocycles. The normalized spacial score (nSPS) is 11.9. The maximum atomic E-state index is 12.0. The quantitative estimate of drug-likeness (QED) is 0.874. The molecule has 0 saturated heterocycles. The van der Waals surface area contributed by atoms with Gasteiger partial charge in [-0.3, -0.25) is 4.79 Å². The van der Waals surface area contributed by atoms with E-state index < -0.39 is 0 Å². The van der Waals surface area contributed by atoms with Gasteiger partial charge in [0.2, 0.25) is 5.89 Å². The van der Waals surface area contributed by atoms with Crippen molar-refractivity contribution < 1.29 is 9.21 Å². The largest absolute Gasteiger partial charge is 0.444 e. The average Bonchev–Trinajstić information content (AvgIpc) is 2.86. The molecule has 0 aromatic carbocycles. The van der Waals surface area contributed by atoms with E-state index in [4.69, 9.17) is 4.42 Å². The Morgan fingerprint density at radius 2 is 2.15 bits per heavy atom. The topological polar surface area (TPSA) is 80.0 Å². The number of amides is 1. The summed E-state index contributed by atoms with van der Waals surface area (Å²) in [7, 11) is 0. The summed E-state index contributed by atoms with van der Waals surface area (Å²) in [6.07, 6.45) is 3.26. The highest BCUT2D eigenvalue weighted by Gasteiger charge is 2.16. The number of hydrogen-bond donors (Lipinski definition) is 2.